The van der Waals surface area contributed by atoms with Gasteiger partial charge in [-0.3, -0.25) is 9.88 Å². The van der Waals surface area contributed by atoms with Crippen LogP contribution < -0.4 is 0 Å². The molecule has 120 valence electrons. The van der Waals surface area contributed by atoms with Crippen molar-refractivity contribution >= 4 is 11.0 Å². The predicted molar refractivity (Wildman–Crippen MR) is 92.2 cm³/mol. The summed E-state index contributed by atoms with van der Waals surface area (Å²) < 4.78 is 0. The van der Waals surface area contributed by atoms with Crippen LogP contribution in [0.4, 0.5) is 0 Å². The molecule has 5 nitrogen and oxygen atoms in total. The lowest BCUT2D eigenvalue weighted by Crippen LogP contribution is -2.28. The minimum Gasteiger partial charge on any atom is -0.341 e. The van der Waals surface area contributed by atoms with E-state index in [1.807, 2.05) is 30.5 Å². The van der Waals surface area contributed by atoms with Crippen LogP contribution in [0.3, 0.4) is 0 Å². The number of fused-ring (bicyclic) bond motifs is 2. The monoisotopic (exact) mass is 317 g/mol. The number of benzene rings is 1. The summed E-state index contributed by atoms with van der Waals surface area (Å²) in [5.41, 5.74) is 5.02. The Balaban J connectivity index is 1.58. The second kappa shape index (κ2) is 6.06. The Bertz CT molecular complexity index is 921. The molecule has 24 heavy (non-hydrogen) atoms. The van der Waals surface area contributed by atoms with E-state index in [1.54, 1.807) is 0 Å². The molecule has 0 radical (unpaired) electrons. The summed E-state index contributed by atoms with van der Waals surface area (Å²) in [5, 5.41) is 9.01. The minimum absolute atomic E-state index is 0.331. The number of rotatable bonds is 3. The van der Waals surface area contributed by atoms with Crippen LogP contribution in [0, 0.1) is 11.3 Å². The van der Waals surface area contributed by atoms with Crippen molar-refractivity contribution in [2.45, 2.75) is 31.8 Å². The molecule has 0 spiro atoms. The van der Waals surface area contributed by atoms with E-state index in [1.165, 1.54) is 17.7 Å². The van der Waals surface area contributed by atoms with E-state index < -0.39 is 0 Å². The molecule has 1 atom stereocenters. The third-order valence-corrected chi connectivity index (χ3v) is 4.76. The van der Waals surface area contributed by atoms with E-state index in [2.05, 4.69) is 39.0 Å². The Morgan fingerprint density at radius 1 is 1.38 bits per heavy atom. The SMILES string of the molecule is CN(Cc1nc2cc(C#N)ccc2[nH]1)C1CCCc2cccnc21. The van der Waals surface area contributed by atoms with E-state index in [4.69, 9.17) is 5.26 Å². The van der Waals surface area contributed by atoms with Crippen molar-refractivity contribution in [2.75, 3.05) is 7.05 Å². The highest BCUT2D eigenvalue weighted by atomic mass is 15.2. The molecule has 1 N–H and O–H groups in total. The van der Waals surface area contributed by atoms with Gasteiger partial charge in [-0.1, -0.05) is 6.07 Å². The van der Waals surface area contributed by atoms with Crippen molar-refractivity contribution in [2.24, 2.45) is 0 Å². The molecule has 1 aromatic carbocycles. The van der Waals surface area contributed by atoms with Gasteiger partial charge in [0, 0.05) is 6.20 Å². The molecule has 0 saturated heterocycles. The molecule has 5 heteroatoms. The molecule has 2 aromatic heterocycles. The van der Waals surface area contributed by atoms with Crippen molar-refractivity contribution in [1.29, 1.82) is 5.26 Å². The molecule has 0 amide bonds. The molecule has 2 heterocycles. The average Bonchev–Trinajstić information content (AvgIpc) is 3.02. The highest BCUT2D eigenvalue weighted by Crippen LogP contribution is 2.32. The van der Waals surface area contributed by atoms with Crippen LogP contribution in [0.5, 0.6) is 0 Å². The Morgan fingerprint density at radius 2 is 2.29 bits per heavy atom. The van der Waals surface area contributed by atoms with Crippen molar-refractivity contribution < 1.29 is 0 Å². The molecule has 0 aliphatic heterocycles. The number of nitrogens with zero attached hydrogens (tertiary/aromatic N) is 4. The number of hydrogen-bond donors (Lipinski definition) is 1. The first-order chi connectivity index (χ1) is 11.7. The van der Waals surface area contributed by atoms with Gasteiger partial charge < -0.3 is 4.98 Å². The van der Waals surface area contributed by atoms with Gasteiger partial charge in [-0.15, -0.1) is 0 Å². The highest BCUT2D eigenvalue weighted by molar-refractivity contribution is 5.76. The quantitative estimate of drug-likeness (QED) is 0.804. The van der Waals surface area contributed by atoms with Crippen LogP contribution >= 0.6 is 0 Å². The summed E-state index contributed by atoms with van der Waals surface area (Å²) in [4.78, 5) is 14.9. The molecule has 1 unspecified atom stereocenters. The topological polar surface area (TPSA) is 68.6 Å². The van der Waals surface area contributed by atoms with Gasteiger partial charge in [-0.2, -0.15) is 5.26 Å². The fourth-order valence-electron chi connectivity index (χ4n) is 3.56. The van der Waals surface area contributed by atoms with Crippen molar-refractivity contribution in [3.63, 3.8) is 0 Å². The number of nitriles is 1. The standard InChI is InChI=1S/C19H19N5/c1-24(17-6-2-4-14-5-3-9-21-19(14)17)12-18-22-15-8-7-13(11-20)10-16(15)23-18/h3,5,7-10,17H,2,4,6,12H2,1H3,(H,22,23). The van der Waals surface area contributed by atoms with E-state index in [9.17, 15) is 0 Å². The Labute approximate surface area is 141 Å². The maximum absolute atomic E-state index is 9.01. The number of imidazole rings is 1. The van der Waals surface area contributed by atoms with E-state index in [-0.39, 0.29) is 0 Å². The molecule has 4 rings (SSSR count). The number of pyridine rings is 1. The molecule has 3 aromatic rings. The fraction of sp³-hybridized carbons (Fsp3) is 0.316. The lowest BCUT2D eigenvalue weighted by atomic mass is 9.91. The van der Waals surface area contributed by atoms with Crippen molar-refractivity contribution in [3.8, 4) is 6.07 Å². The molecular weight excluding hydrogens is 298 g/mol. The third kappa shape index (κ3) is 2.66. The summed E-state index contributed by atoms with van der Waals surface area (Å²) in [6.45, 7) is 0.733. The first-order valence-electron chi connectivity index (χ1n) is 8.27. The fourth-order valence-corrected chi connectivity index (χ4v) is 3.56. The maximum atomic E-state index is 9.01. The van der Waals surface area contributed by atoms with Gasteiger partial charge in [0.1, 0.15) is 5.82 Å². The first kappa shape index (κ1) is 14.9. The second-order valence-corrected chi connectivity index (χ2v) is 6.40. The summed E-state index contributed by atoms with van der Waals surface area (Å²) in [6, 6.07) is 12.3. The normalized spacial score (nSPS) is 17.0. The molecule has 1 aliphatic carbocycles. The Kier molecular flexibility index (Phi) is 3.75. The summed E-state index contributed by atoms with van der Waals surface area (Å²) in [7, 11) is 2.13. The number of aromatic amines is 1. The number of H-pyrrole nitrogens is 1. The van der Waals surface area contributed by atoms with Gasteiger partial charge >= 0.3 is 0 Å². The highest BCUT2D eigenvalue weighted by Gasteiger charge is 2.25. The Hall–Kier alpha value is -2.71. The largest absolute Gasteiger partial charge is 0.341 e. The second-order valence-electron chi connectivity index (χ2n) is 6.40. The number of nitrogens with one attached hydrogen (secondary N) is 1. The molecular formula is C19H19N5. The minimum atomic E-state index is 0.331. The van der Waals surface area contributed by atoms with Gasteiger partial charge in [-0.05, 0) is 56.1 Å². The van der Waals surface area contributed by atoms with E-state index >= 15 is 0 Å². The smallest absolute Gasteiger partial charge is 0.121 e. The number of aromatic nitrogens is 3. The Morgan fingerprint density at radius 3 is 3.17 bits per heavy atom. The van der Waals surface area contributed by atoms with Crippen molar-refractivity contribution in [3.05, 3.63) is 59.2 Å². The van der Waals surface area contributed by atoms with Crippen LogP contribution in [-0.4, -0.2) is 26.9 Å². The lowest BCUT2D eigenvalue weighted by molar-refractivity contribution is 0.204. The number of aryl methyl sites for hydroxylation is 1. The van der Waals surface area contributed by atoms with Crippen LogP contribution in [-0.2, 0) is 13.0 Å². The average molecular weight is 317 g/mol. The number of hydrogen-bond acceptors (Lipinski definition) is 4. The molecule has 0 fully saturated rings. The molecule has 1 aliphatic rings. The van der Waals surface area contributed by atoms with Gasteiger partial charge in [0.15, 0.2) is 0 Å². The van der Waals surface area contributed by atoms with E-state index in [0.29, 0.717) is 11.6 Å². The zero-order valence-electron chi connectivity index (χ0n) is 13.7. The van der Waals surface area contributed by atoms with Gasteiger partial charge in [0.05, 0.1) is 40.9 Å². The zero-order chi connectivity index (χ0) is 16.5. The van der Waals surface area contributed by atoms with Gasteiger partial charge in [0.25, 0.3) is 0 Å². The van der Waals surface area contributed by atoms with Crippen LogP contribution in [0.1, 0.15) is 41.5 Å². The third-order valence-electron chi connectivity index (χ3n) is 4.76. The van der Waals surface area contributed by atoms with Crippen LogP contribution in [0.15, 0.2) is 36.5 Å². The van der Waals surface area contributed by atoms with Crippen molar-refractivity contribution in [1.82, 2.24) is 19.9 Å². The first-order valence-corrected chi connectivity index (χ1v) is 8.27. The molecule has 0 bridgehead atoms. The summed E-state index contributed by atoms with van der Waals surface area (Å²) in [6.07, 6.45) is 5.32. The summed E-state index contributed by atoms with van der Waals surface area (Å²) in [5.74, 6) is 0.922. The van der Waals surface area contributed by atoms with E-state index in [0.717, 1.165) is 36.2 Å². The lowest BCUT2D eigenvalue weighted by Gasteiger charge is -2.31. The zero-order valence-corrected chi connectivity index (χ0v) is 13.7. The van der Waals surface area contributed by atoms with Crippen LogP contribution in [0.25, 0.3) is 11.0 Å². The summed E-state index contributed by atoms with van der Waals surface area (Å²) >= 11 is 0. The predicted octanol–water partition coefficient (Wildman–Crippen LogP) is 3.34. The molecule has 0 saturated carbocycles. The maximum Gasteiger partial charge on any atom is 0.121 e. The van der Waals surface area contributed by atoms with Gasteiger partial charge in [0.2, 0.25) is 0 Å². The van der Waals surface area contributed by atoms with Crippen LogP contribution in [0.2, 0.25) is 0 Å². The van der Waals surface area contributed by atoms with Gasteiger partial charge in [-0.25, -0.2) is 4.98 Å².